The average Bonchev–Trinajstić information content (AvgIpc) is 2.81. The third kappa shape index (κ3) is 2.17. The molecule has 96 valence electrons. The van der Waals surface area contributed by atoms with Crippen molar-refractivity contribution in [3.8, 4) is 11.1 Å². The van der Waals surface area contributed by atoms with E-state index in [1.165, 1.54) is 22.1 Å². The van der Waals surface area contributed by atoms with Crippen molar-refractivity contribution in [2.45, 2.75) is 26.2 Å². The number of hydrogen-bond donors (Lipinski definition) is 0. The molecule has 0 unspecified atom stereocenters. The van der Waals surface area contributed by atoms with Crippen molar-refractivity contribution in [3.05, 3.63) is 60.4 Å². The zero-order valence-electron chi connectivity index (χ0n) is 11.6. The molecule has 0 bridgehead atoms. The van der Waals surface area contributed by atoms with Gasteiger partial charge < -0.3 is 4.42 Å². The van der Waals surface area contributed by atoms with Crippen LogP contribution in [-0.4, -0.2) is 0 Å². The molecule has 1 heteroatoms. The second-order valence-electron chi connectivity index (χ2n) is 5.98. The van der Waals surface area contributed by atoms with Gasteiger partial charge in [-0.1, -0.05) is 57.2 Å². The van der Waals surface area contributed by atoms with Gasteiger partial charge in [-0.25, -0.2) is 0 Å². The van der Waals surface area contributed by atoms with E-state index in [1.807, 2.05) is 12.3 Å². The Kier molecular flexibility index (Phi) is 2.70. The molecule has 1 aromatic heterocycles. The molecule has 0 radical (unpaired) electrons. The van der Waals surface area contributed by atoms with Crippen LogP contribution in [-0.2, 0) is 5.41 Å². The highest BCUT2D eigenvalue weighted by molar-refractivity contribution is 5.94. The number of fused-ring (bicyclic) bond motifs is 1. The minimum atomic E-state index is 0.152. The van der Waals surface area contributed by atoms with E-state index in [2.05, 4.69) is 63.2 Å². The minimum absolute atomic E-state index is 0.152. The predicted octanol–water partition coefficient (Wildman–Crippen LogP) is 5.40. The molecule has 0 amide bonds. The van der Waals surface area contributed by atoms with Crippen LogP contribution in [0.5, 0.6) is 0 Å². The zero-order valence-corrected chi connectivity index (χ0v) is 11.6. The molecule has 0 N–H and O–H groups in total. The maximum absolute atomic E-state index is 5.67. The normalized spacial score (nSPS) is 11.9. The maximum atomic E-state index is 5.67. The highest BCUT2D eigenvalue weighted by Crippen LogP contribution is 2.33. The van der Waals surface area contributed by atoms with Gasteiger partial charge in [0, 0.05) is 10.9 Å². The highest BCUT2D eigenvalue weighted by atomic mass is 16.3. The Morgan fingerprint density at radius 1 is 0.895 bits per heavy atom. The smallest absolute Gasteiger partial charge is 0.134 e. The highest BCUT2D eigenvalue weighted by Gasteiger charge is 2.16. The second kappa shape index (κ2) is 4.27. The lowest BCUT2D eigenvalue weighted by molar-refractivity contribution is 0.589. The van der Waals surface area contributed by atoms with Crippen LogP contribution in [0.15, 0.2) is 59.2 Å². The van der Waals surface area contributed by atoms with Crippen LogP contribution in [0.25, 0.3) is 22.1 Å². The molecule has 0 atom stereocenters. The predicted molar refractivity (Wildman–Crippen MR) is 80.4 cm³/mol. The Hall–Kier alpha value is -2.02. The number of benzene rings is 2. The Balaban J connectivity index is 2.22. The molecule has 0 spiro atoms. The molecule has 0 aliphatic carbocycles. The van der Waals surface area contributed by atoms with Crippen molar-refractivity contribution in [1.82, 2.24) is 0 Å². The fourth-order valence-corrected chi connectivity index (χ4v) is 2.34. The second-order valence-corrected chi connectivity index (χ2v) is 5.98. The first-order valence-corrected chi connectivity index (χ1v) is 6.63. The van der Waals surface area contributed by atoms with Gasteiger partial charge in [0.2, 0.25) is 0 Å². The summed E-state index contributed by atoms with van der Waals surface area (Å²) < 4.78 is 5.67. The van der Waals surface area contributed by atoms with Gasteiger partial charge in [-0.3, -0.25) is 0 Å². The van der Waals surface area contributed by atoms with Crippen molar-refractivity contribution in [3.63, 3.8) is 0 Å². The van der Waals surface area contributed by atoms with Gasteiger partial charge >= 0.3 is 0 Å². The van der Waals surface area contributed by atoms with E-state index >= 15 is 0 Å². The summed E-state index contributed by atoms with van der Waals surface area (Å²) in [6, 6.07) is 16.9. The summed E-state index contributed by atoms with van der Waals surface area (Å²) >= 11 is 0. The van der Waals surface area contributed by atoms with Crippen LogP contribution in [0.3, 0.4) is 0 Å². The SMILES string of the molecule is CC(C)(C)c1ccc2occ(-c3ccccc3)c2c1. The van der Waals surface area contributed by atoms with Crippen LogP contribution in [0.4, 0.5) is 0 Å². The molecule has 0 fully saturated rings. The molecule has 0 saturated heterocycles. The van der Waals surface area contributed by atoms with E-state index in [-0.39, 0.29) is 5.41 Å². The molecule has 2 aromatic carbocycles. The summed E-state index contributed by atoms with van der Waals surface area (Å²) in [6.07, 6.45) is 1.85. The largest absolute Gasteiger partial charge is 0.464 e. The molecular formula is C18H18O. The van der Waals surface area contributed by atoms with Crippen LogP contribution >= 0.6 is 0 Å². The van der Waals surface area contributed by atoms with Gasteiger partial charge in [0.05, 0.1) is 6.26 Å². The molecule has 1 heterocycles. The molecule has 0 aliphatic heterocycles. The average molecular weight is 250 g/mol. The van der Waals surface area contributed by atoms with Crippen LogP contribution in [0.1, 0.15) is 26.3 Å². The molecule has 0 aliphatic rings. The van der Waals surface area contributed by atoms with Gasteiger partial charge in [-0.15, -0.1) is 0 Å². The van der Waals surface area contributed by atoms with Gasteiger partial charge in [-0.2, -0.15) is 0 Å². The van der Waals surface area contributed by atoms with Crippen LogP contribution in [0, 0.1) is 0 Å². The fraction of sp³-hybridized carbons (Fsp3) is 0.222. The summed E-state index contributed by atoms with van der Waals surface area (Å²) in [7, 11) is 0. The van der Waals surface area contributed by atoms with E-state index in [0.29, 0.717) is 0 Å². The van der Waals surface area contributed by atoms with Gasteiger partial charge in [0.15, 0.2) is 0 Å². The lowest BCUT2D eigenvalue weighted by atomic mass is 9.86. The van der Waals surface area contributed by atoms with Crippen molar-refractivity contribution in [2.24, 2.45) is 0 Å². The summed E-state index contributed by atoms with van der Waals surface area (Å²) in [5.74, 6) is 0. The third-order valence-corrected chi connectivity index (χ3v) is 3.52. The van der Waals surface area contributed by atoms with Crippen LogP contribution in [0.2, 0.25) is 0 Å². The van der Waals surface area contributed by atoms with Crippen molar-refractivity contribution >= 4 is 11.0 Å². The topological polar surface area (TPSA) is 13.1 Å². The monoisotopic (exact) mass is 250 g/mol. The number of hydrogen-bond acceptors (Lipinski definition) is 1. The first kappa shape index (κ1) is 12.0. The molecule has 0 saturated carbocycles. The molecule has 1 nitrogen and oxygen atoms in total. The Morgan fingerprint density at radius 2 is 1.63 bits per heavy atom. The van der Waals surface area contributed by atoms with E-state index in [1.54, 1.807) is 0 Å². The Labute approximate surface area is 113 Å². The first-order valence-electron chi connectivity index (χ1n) is 6.63. The van der Waals surface area contributed by atoms with Gasteiger partial charge in [0.25, 0.3) is 0 Å². The summed E-state index contributed by atoms with van der Waals surface area (Å²) in [5.41, 5.74) is 4.80. The summed E-state index contributed by atoms with van der Waals surface area (Å²) in [6.45, 7) is 6.70. The molecule has 3 aromatic rings. The molecular weight excluding hydrogens is 232 g/mol. The van der Waals surface area contributed by atoms with Crippen LogP contribution < -0.4 is 0 Å². The van der Waals surface area contributed by atoms with Crippen molar-refractivity contribution in [2.75, 3.05) is 0 Å². The van der Waals surface area contributed by atoms with E-state index in [0.717, 1.165) is 5.58 Å². The van der Waals surface area contributed by atoms with Gasteiger partial charge in [0.1, 0.15) is 5.58 Å². The van der Waals surface area contributed by atoms with Crippen molar-refractivity contribution in [1.29, 1.82) is 0 Å². The van der Waals surface area contributed by atoms with Gasteiger partial charge in [-0.05, 0) is 28.7 Å². The Morgan fingerprint density at radius 3 is 2.32 bits per heavy atom. The maximum Gasteiger partial charge on any atom is 0.134 e. The van der Waals surface area contributed by atoms with E-state index in [4.69, 9.17) is 4.42 Å². The molecule has 19 heavy (non-hydrogen) atoms. The fourth-order valence-electron chi connectivity index (χ4n) is 2.34. The van der Waals surface area contributed by atoms with Crippen molar-refractivity contribution < 1.29 is 4.42 Å². The lowest BCUT2D eigenvalue weighted by Crippen LogP contribution is -2.10. The third-order valence-electron chi connectivity index (χ3n) is 3.52. The first-order chi connectivity index (χ1) is 9.05. The van der Waals surface area contributed by atoms with E-state index in [9.17, 15) is 0 Å². The minimum Gasteiger partial charge on any atom is -0.464 e. The molecule has 3 rings (SSSR count). The Bertz CT molecular complexity index is 699. The zero-order chi connectivity index (χ0) is 13.5. The lowest BCUT2D eigenvalue weighted by Gasteiger charge is -2.18. The number of furan rings is 1. The number of rotatable bonds is 1. The van der Waals surface area contributed by atoms with E-state index < -0.39 is 0 Å². The summed E-state index contributed by atoms with van der Waals surface area (Å²) in [4.78, 5) is 0. The summed E-state index contributed by atoms with van der Waals surface area (Å²) in [5, 5.41) is 1.19. The quantitative estimate of drug-likeness (QED) is 0.563. The standard InChI is InChI=1S/C18H18O/c1-18(2,3)14-9-10-17-15(11-14)16(12-19-17)13-7-5-4-6-8-13/h4-12H,1-3H3.